The van der Waals surface area contributed by atoms with Gasteiger partial charge in [0.2, 0.25) is 20.0 Å². The zero-order chi connectivity index (χ0) is 20.2. The number of hydrogen-bond acceptors (Lipinski definition) is 4. The zero-order valence-corrected chi connectivity index (χ0v) is 18.0. The van der Waals surface area contributed by atoms with Gasteiger partial charge >= 0.3 is 0 Å². The summed E-state index contributed by atoms with van der Waals surface area (Å²) in [6.07, 6.45) is 0. The Hall–Kier alpha value is -1.33. The van der Waals surface area contributed by atoms with Gasteiger partial charge < -0.3 is 0 Å². The minimum absolute atomic E-state index is 0.165. The van der Waals surface area contributed by atoms with E-state index in [0.717, 1.165) is 6.07 Å². The molecular weight excluding hydrogens is 459 g/mol. The molecule has 0 aromatic heterocycles. The van der Waals surface area contributed by atoms with E-state index in [1.165, 1.54) is 12.1 Å². The Morgan fingerprint density at radius 3 is 2.30 bits per heavy atom. The molecule has 2 N–H and O–H groups in total. The van der Waals surface area contributed by atoms with E-state index in [9.17, 15) is 21.2 Å². The molecule has 0 saturated carbocycles. The molecule has 0 aliphatic rings. The molecule has 10 heteroatoms. The standard InChI is InChI=1S/C17H20BrFN2O4S2/c1-12(2)21-26(22,23)11-14-6-4-3-5-13(14)10-20-27(24,25)17-9-15(18)7-8-16(17)19/h3-9,12,20-21H,10-11H2,1-2H3. The summed E-state index contributed by atoms with van der Waals surface area (Å²) >= 11 is 3.12. The Balaban J connectivity index is 2.23. The van der Waals surface area contributed by atoms with E-state index in [4.69, 9.17) is 0 Å². The lowest BCUT2D eigenvalue weighted by Crippen LogP contribution is -2.32. The summed E-state index contributed by atoms with van der Waals surface area (Å²) in [5.74, 6) is -1.16. The van der Waals surface area contributed by atoms with E-state index in [1.54, 1.807) is 38.1 Å². The first-order valence-corrected chi connectivity index (χ1v) is 11.9. The highest BCUT2D eigenvalue weighted by molar-refractivity contribution is 9.10. The van der Waals surface area contributed by atoms with Crippen LogP contribution in [0.4, 0.5) is 4.39 Å². The number of rotatable bonds is 8. The highest BCUT2D eigenvalue weighted by atomic mass is 79.9. The molecule has 27 heavy (non-hydrogen) atoms. The Labute approximate surface area is 167 Å². The second-order valence-electron chi connectivity index (χ2n) is 6.20. The van der Waals surface area contributed by atoms with Crippen LogP contribution < -0.4 is 9.44 Å². The molecule has 2 aromatic rings. The summed E-state index contributed by atoms with van der Waals surface area (Å²) in [7, 11) is -7.68. The van der Waals surface area contributed by atoms with Gasteiger partial charge in [-0.3, -0.25) is 0 Å². The van der Waals surface area contributed by atoms with Crippen LogP contribution in [0, 0.1) is 5.82 Å². The third-order valence-electron chi connectivity index (χ3n) is 3.51. The molecule has 148 valence electrons. The van der Waals surface area contributed by atoms with Crippen molar-refractivity contribution in [3.63, 3.8) is 0 Å². The molecular formula is C17H20BrFN2O4S2. The summed E-state index contributed by atoms with van der Waals surface area (Å²) < 4.78 is 68.3. The molecule has 0 saturated heterocycles. The first-order chi connectivity index (χ1) is 12.5. The van der Waals surface area contributed by atoms with Crippen molar-refractivity contribution in [1.29, 1.82) is 0 Å². The van der Waals surface area contributed by atoms with Crippen molar-refractivity contribution < 1.29 is 21.2 Å². The number of sulfonamides is 2. The van der Waals surface area contributed by atoms with E-state index < -0.39 is 30.8 Å². The highest BCUT2D eigenvalue weighted by Gasteiger charge is 2.21. The first-order valence-electron chi connectivity index (χ1n) is 8.02. The summed E-state index contributed by atoms with van der Waals surface area (Å²) in [5.41, 5.74) is 0.952. The predicted octanol–water partition coefficient (Wildman–Crippen LogP) is 2.89. The van der Waals surface area contributed by atoms with E-state index in [0.29, 0.717) is 15.6 Å². The molecule has 6 nitrogen and oxygen atoms in total. The van der Waals surface area contributed by atoms with Crippen LogP contribution in [0.1, 0.15) is 25.0 Å². The molecule has 0 heterocycles. The van der Waals surface area contributed by atoms with Gasteiger partial charge in [-0.05, 0) is 43.2 Å². The fraction of sp³-hybridized carbons (Fsp3) is 0.294. The molecule has 0 atom stereocenters. The second kappa shape index (κ2) is 8.78. The van der Waals surface area contributed by atoms with Gasteiger partial charge in [0.1, 0.15) is 10.7 Å². The molecule has 0 amide bonds. The zero-order valence-electron chi connectivity index (χ0n) is 14.7. The minimum Gasteiger partial charge on any atom is -0.212 e. The molecule has 0 spiro atoms. The van der Waals surface area contributed by atoms with Crippen molar-refractivity contribution in [3.8, 4) is 0 Å². The Morgan fingerprint density at radius 1 is 1.04 bits per heavy atom. The van der Waals surface area contributed by atoms with E-state index >= 15 is 0 Å². The van der Waals surface area contributed by atoms with Crippen LogP contribution in [0.25, 0.3) is 0 Å². The van der Waals surface area contributed by atoms with E-state index in [-0.39, 0.29) is 18.3 Å². The van der Waals surface area contributed by atoms with Crippen molar-refractivity contribution in [2.45, 2.75) is 37.1 Å². The second-order valence-corrected chi connectivity index (χ2v) is 10.6. The van der Waals surface area contributed by atoms with Crippen LogP contribution in [-0.4, -0.2) is 22.9 Å². The average molecular weight is 479 g/mol. The summed E-state index contributed by atoms with van der Waals surface area (Å²) in [4.78, 5) is -0.483. The topological polar surface area (TPSA) is 92.3 Å². The van der Waals surface area contributed by atoms with Crippen LogP contribution in [0.2, 0.25) is 0 Å². The third kappa shape index (κ3) is 6.35. The molecule has 0 aliphatic heterocycles. The summed E-state index contributed by atoms with van der Waals surface area (Å²) in [6.45, 7) is 3.26. The number of halogens is 2. The number of nitrogens with one attached hydrogen (secondary N) is 2. The Kier molecular flexibility index (Phi) is 7.14. The fourth-order valence-electron chi connectivity index (χ4n) is 2.41. The van der Waals surface area contributed by atoms with Crippen LogP contribution in [0.15, 0.2) is 51.8 Å². The lowest BCUT2D eigenvalue weighted by Gasteiger charge is -2.14. The van der Waals surface area contributed by atoms with Gasteiger partial charge in [0.15, 0.2) is 0 Å². The van der Waals surface area contributed by atoms with Crippen LogP contribution in [-0.2, 0) is 32.3 Å². The maximum atomic E-state index is 13.9. The quantitative estimate of drug-likeness (QED) is 0.609. The van der Waals surface area contributed by atoms with Gasteiger partial charge in [-0.1, -0.05) is 40.2 Å². The van der Waals surface area contributed by atoms with E-state index in [2.05, 4.69) is 25.4 Å². The molecule has 0 unspecified atom stereocenters. The normalized spacial score (nSPS) is 12.5. The van der Waals surface area contributed by atoms with Gasteiger partial charge in [-0.2, -0.15) is 0 Å². The predicted molar refractivity (Wildman–Crippen MR) is 105 cm³/mol. The Bertz CT molecular complexity index is 1020. The van der Waals surface area contributed by atoms with Crippen molar-refractivity contribution >= 4 is 36.0 Å². The van der Waals surface area contributed by atoms with Crippen molar-refractivity contribution in [2.24, 2.45) is 0 Å². The molecule has 2 rings (SSSR count). The lowest BCUT2D eigenvalue weighted by molar-refractivity contribution is 0.556. The Morgan fingerprint density at radius 2 is 1.67 bits per heavy atom. The smallest absolute Gasteiger partial charge is 0.212 e. The number of benzene rings is 2. The van der Waals surface area contributed by atoms with Gasteiger partial charge in [0, 0.05) is 17.1 Å². The average Bonchev–Trinajstić information content (AvgIpc) is 2.54. The molecule has 0 bridgehead atoms. The SMILES string of the molecule is CC(C)NS(=O)(=O)Cc1ccccc1CNS(=O)(=O)c1cc(Br)ccc1F. The van der Waals surface area contributed by atoms with Crippen molar-refractivity contribution in [2.75, 3.05) is 0 Å². The van der Waals surface area contributed by atoms with Gasteiger partial charge in [-0.25, -0.2) is 30.7 Å². The van der Waals surface area contributed by atoms with Crippen LogP contribution in [0.5, 0.6) is 0 Å². The van der Waals surface area contributed by atoms with Crippen LogP contribution in [0.3, 0.4) is 0 Å². The minimum atomic E-state index is -4.11. The van der Waals surface area contributed by atoms with Gasteiger partial charge in [0.25, 0.3) is 0 Å². The molecule has 2 aromatic carbocycles. The first kappa shape index (κ1) is 22.0. The molecule has 0 radical (unpaired) electrons. The summed E-state index contributed by atoms with van der Waals surface area (Å²) in [6, 6.07) is 9.96. The maximum Gasteiger partial charge on any atom is 0.243 e. The highest BCUT2D eigenvalue weighted by Crippen LogP contribution is 2.20. The monoisotopic (exact) mass is 478 g/mol. The van der Waals surface area contributed by atoms with Crippen molar-refractivity contribution in [1.82, 2.24) is 9.44 Å². The van der Waals surface area contributed by atoms with Crippen LogP contribution >= 0.6 is 15.9 Å². The largest absolute Gasteiger partial charge is 0.243 e. The molecule has 0 aliphatic carbocycles. The maximum absolute atomic E-state index is 13.9. The fourth-order valence-corrected chi connectivity index (χ4v) is 5.52. The van der Waals surface area contributed by atoms with Crippen molar-refractivity contribution in [3.05, 3.63) is 63.9 Å². The van der Waals surface area contributed by atoms with Gasteiger partial charge in [-0.15, -0.1) is 0 Å². The third-order valence-corrected chi connectivity index (χ3v) is 6.95. The van der Waals surface area contributed by atoms with E-state index in [1.807, 2.05) is 0 Å². The summed E-state index contributed by atoms with van der Waals surface area (Å²) in [5, 5.41) is 0. The number of hydrogen-bond donors (Lipinski definition) is 2. The lowest BCUT2D eigenvalue weighted by atomic mass is 10.1. The van der Waals surface area contributed by atoms with Gasteiger partial charge in [0.05, 0.1) is 5.75 Å². The molecule has 0 fully saturated rings.